The van der Waals surface area contributed by atoms with Crippen LogP contribution in [-0.4, -0.2) is 53.9 Å². The summed E-state index contributed by atoms with van der Waals surface area (Å²) in [5.74, 6) is -0.509. The lowest BCUT2D eigenvalue weighted by Gasteiger charge is -2.33. The van der Waals surface area contributed by atoms with E-state index in [1.807, 2.05) is 19.9 Å². The maximum atomic E-state index is 15.0. The fraction of sp³-hybridized carbons (Fsp3) is 0.385. The van der Waals surface area contributed by atoms with Crippen molar-refractivity contribution in [2.24, 2.45) is 0 Å². The van der Waals surface area contributed by atoms with Gasteiger partial charge in [-0.3, -0.25) is 14.7 Å². The topological polar surface area (TPSA) is 36.4 Å². The first kappa shape index (κ1) is 24.3. The van der Waals surface area contributed by atoms with Crippen LogP contribution in [0.25, 0.3) is 11.6 Å². The third-order valence-electron chi connectivity index (χ3n) is 6.22. The van der Waals surface area contributed by atoms with Crippen molar-refractivity contribution >= 4 is 33.5 Å². The highest BCUT2D eigenvalue weighted by Crippen LogP contribution is 2.31. The number of carbonyl (C=O) groups excluding carboxylic acids is 1. The molecule has 0 bridgehead atoms. The van der Waals surface area contributed by atoms with Gasteiger partial charge in [-0.25, -0.2) is 4.39 Å². The number of pyridine rings is 1. The van der Waals surface area contributed by atoms with Gasteiger partial charge in [-0.2, -0.15) is 0 Å². The Labute approximate surface area is 199 Å². The molecule has 6 heteroatoms. The van der Waals surface area contributed by atoms with Crippen LogP contribution in [0, 0.1) is 19.7 Å². The Hall–Kier alpha value is -2.31. The van der Waals surface area contributed by atoms with Gasteiger partial charge in [-0.05, 0) is 63.5 Å². The van der Waals surface area contributed by atoms with Crippen LogP contribution >= 0.6 is 15.9 Å². The van der Waals surface area contributed by atoms with Gasteiger partial charge in [0, 0.05) is 66.3 Å². The minimum Gasteiger partial charge on any atom is -0.345 e. The summed E-state index contributed by atoms with van der Waals surface area (Å²) < 4.78 is 16.0. The minimum atomic E-state index is -0.323. The molecule has 170 valence electrons. The van der Waals surface area contributed by atoms with Gasteiger partial charge in [-0.1, -0.05) is 33.7 Å². The average Bonchev–Trinajstić information content (AvgIpc) is 2.75. The number of rotatable bonds is 5. The molecule has 0 aliphatic carbocycles. The molecule has 2 heterocycles. The van der Waals surface area contributed by atoms with Crippen LogP contribution in [0.4, 0.5) is 4.39 Å². The van der Waals surface area contributed by atoms with Crippen LogP contribution in [0.5, 0.6) is 0 Å². The highest BCUT2D eigenvalue weighted by atomic mass is 79.9. The Morgan fingerprint density at radius 1 is 1.31 bits per heavy atom. The van der Waals surface area contributed by atoms with E-state index in [0.29, 0.717) is 11.1 Å². The van der Waals surface area contributed by atoms with Gasteiger partial charge in [0.15, 0.2) is 0 Å². The second-order valence-electron chi connectivity index (χ2n) is 8.68. The molecule has 1 amide bonds. The molecular formula is C26H31BrFN3O. The van der Waals surface area contributed by atoms with E-state index in [2.05, 4.69) is 51.8 Å². The van der Waals surface area contributed by atoms with E-state index in [4.69, 9.17) is 0 Å². The number of halogens is 2. The molecule has 1 aliphatic heterocycles. The van der Waals surface area contributed by atoms with Crippen molar-refractivity contribution in [2.75, 3.05) is 27.2 Å². The molecular weight excluding hydrogens is 469 g/mol. The lowest BCUT2D eigenvalue weighted by Crippen LogP contribution is -2.37. The molecule has 1 aromatic heterocycles. The number of carbonyl (C=O) groups is 1. The lowest BCUT2D eigenvalue weighted by atomic mass is 9.92. The molecule has 1 unspecified atom stereocenters. The molecule has 0 N–H and O–H groups in total. The largest absolute Gasteiger partial charge is 0.345 e. The van der Waals surface area contributed by atoms with Crippen molar-refractivity contribution in [3.05, 3.63) is 74.3 Å². The fourth-order valence-electron chi connectivity index (χ4n) is 4.15. The van der Waals surface area contributed by atoms with Crippen molar-refractivity contribution in [3.8, 4) is 0 Å². The molecule has 0 fully saturated rings. The zero-order valence-corrected chi connectivity index (χ0v) is 21.3. The molecule has 1 aliphatic rings. The van der Waals surface area contributed by atoms with Gasteiger partial charge in [0.25, 0.3) is 5.91 Å². The van der Waals surface area contributed by atoms with Gasteiger partial charge in [0.1, 0.15) is 5.82 Å². The molecule has 2 aromatic rings. The molecule has 0 saturated carbocycles. The van der Waals surface area contributed by atoms with Crippen molar-refractivity contribution in [1.82, 2.24) is 14.8 Å². The summed E-state index contributed by atoms with van der Waals surface area (Å²) in [4.78, 5) is 20.5. The summed E-state index contributed by atoms with van der Waals surface area (Å²) in [6.07, 6.45) is 6.89. The molecule has 1 aromatic carbocycles. The van der Waals surface area contributed by atoms with E-state index < -0.39 is 0 Å². The van der Waals surface area contributed by atoms with Gasteiger partial charge >= 0.3 is 0 Å². The van der Waals surface area contributed by atoms with Crippen LogP contribution in [0.15, 0.2) is 40.5 Å². The van der Waals surface area contributed by atoms with E-state index in [9.17, 15) is 9.18 Å². The zero-order valence-electron chi connectivity index (χ0n) is 19.7. The molecule has 32 heavy (non-hydrogen) atoms. The Morgan fingerprint density at radius 3 is 2.59 bits per heavy atom. The molecule has 0 spiro atoms. The van der Waals surface area contributed by atoms with Crippen LogP contribution in [-0.2, 0) is 0 Å². The smallest absolute Gasteiger partial charge is 0.253 e. The normalized spacial score (nSPS) is 16.0. The number of hydrogen-bond acceptors (Lipinski definition) is 3. The first-order valence-corrected chi connectivity index (χ1v) is 11.6. The monoisotopic (exact) mass is 499 g/mol. The first-order chi connectivity index (χ1) is 15.1. The third-order valence-corrected chi connectivity index (χ3v) is 6.91. The maximum Gasteiger partial charge on any atom is 0.253 e. The van der Waals surface area contributed by atoms with Gasteiger partial charge in [0.05, 0.1) is 0 Å². The Balaban J connectivity index is 1.79. The maximum absolute atomic E-state index is 15.0. The summed E-state index contributed by atoms with van der Waals surface area (Å²) in [7, 11) is 3.35. The highest BCUT2D eigenvalue weighted by Gasteiger charge is 2.23. The number of nitrogens with zero attached hydrogens (tertiary/aromatic N) is 3. The van der Waals surface area contributed by atoms with Gasteiger partial charge in [-0.15, -0.1) is 0 Å². The lowest BCUT2D eigenvalue weighted by molar-refractivity contribution is 0.0827. The zero-order chi connectivity index (χ0) is 23.6. The van der Waals surface area contributed by atoms with E-state index in [-0.39, 0.29) is 17.8 Å². The van der Waals surface area contributed by atoms with Crippen molar-refractivity contribution < 1.29 is 9.18 Å². The fourth-order valence-corrected chi connectivity index (χ4v) is 4.67. The number of hydrogen-bond donors (Lipinski definition) is 0. The molecule has 0 radical (unpaired) electrons. The third kappa shape index (κ3) is 5.18. The number of benzene rings is 1. The van der Waals surface area contributed by atoms with Crippen molar-refractivity contribution in [1.29, 1.82) is 0 Å². The first-order valence-electron chi connectivity index (χ1n) is 10.8. The number of aromatic nitrogens is 1. The SMILES string of the molecule is C/C(=C\c1c(Br)ccnc1C)C(C)N1CC=C(c2c(C)cc(C(=O)N(C)C)cc2F)CC1. The van der Waals surface area contributed by atoms with E-state index in [0.717, 1.165) is 46.4 Å². The summed E-state index contributed by atoms with van der Waals surface area (Å²) in [5, 5.41) is 0. The van der Waals surface area contributed by atoms with Crippen LogP contribution in [0.3, 0.4) is 0 Å². The minimum absolute atomic E-state index is 0.186. The second kappa shape index (κ2) is 10.1. The molecule has 1 atom stereocenters. The predicted octanol–water partition coefficient (Wildman–Crippen LogP) is 5.88. The molecule has 3 rings (SSSR count). The van der Waals surface area contributed by atoms with Crippen molar-refractivity contribution in [3.63, 3.8) is 0 Å². The summed E-state index contributed by atoms with van der Waals surface area (Å²) in [6.45, 7) is 9.85. The van der Waals surface area contributed by atoms with Crippen LogP contribution in [0.2, 0.25) is 0 Å². The summed E-state index contributed by atoms with van der Waals surface area (Å²) >= 11 is 3.62. The quantitative estimate of drug-likeness (QED) is 0.514. The van der Waals surface area contributed by atoms with Crippen LogP contribution < -0.4 is 0 Å². The van der Waals surface area contributed by atoms with E-state index in [1.54, 1.807) is 26.4 Å². The molecule has 4 nitrogen and oxygen atoms in total. The Bertz CT molecular complexity index is 1050. The highest BCUT2D eigenvalue weighted by molar-refractivity contribution is 9.10. The average molecular weight is 500 g/mol. The summed E-state index contributed by atoms with van der Waals surface area (Å²) in [5.41, 5.74) is 6.19. The van der Waals surface area contributed by atoms with Crippen LogP contribution in [0.1, 0.15) is 53.0 Å². The standard InChI is InChI=1S/C26H31BrFN3O/c1-16(14-22-18(3)29-10-7-23(22)27)19(4)31-11-8-20(9-12-31)25-17(2)13-21(15-24(25)28)26(32)30(5)6/h7-8,10,13-15,19H,9,11-12H2,1-6H3/b16-14+. The number of amides is 1. The Kier molecular flexibility index (Phi) is 7.67. The van der Waals surface area contributed by atoms with Gasteiger partial charge < -0.3 is 4.90 Å². The van der Waals surface area contributed by atoms with Gasteiger partial charge in [0.2, 0.25) is 0 Å². The summed E-state index contributed by atoms with van der Waals surface area (Å²) in [6, 6.07) is 5.37. The van der Waals surface area contributed by atoms with Crippen molar-refractivity contribution in [2.45, 2.75) is 40.2 Å². The van der Waals surface area contributed by atoms with E-state index >= 15 is 0 Å². The Morgan fingerprint density at radius 2 is 2.03 bits per heavy atom. The predicted molar refractivity (Wildman–Crippen MR) is 133 cm³/mol. The molecule has 0 saturated heterocycles. The second-order valence-corrected chi connectivity index (χ2v) is 9.53. The van der Waals surface area contributed by atoms with E-state index in [1.165, 1.54) is 16.5 Å². The number of aryl methyl sites for hydroxylation is 2.